The van der Waals surface area contributed by atoms with Crippen LogP contribution < -0.4 is 29.0 Å². The van der Waals surface area contributed by atoms with Crippen LogP contribution in [0.4, 0.5) is 10.5 Å². The Morgan fingerprint density at radius 1 is 0.941 bits per heavy atom. The normalized spacial score (nSPS) is 24.3. The second kappa shape index (κ2) is 24.1. The Kier molecular flexibility index (Phi) is 17.8. The highest BCUT2D eigenvalue weighted by Crippen LogP contribution is 2.62. The number of unbranched alkanes of at least 4 members (excludes halogenated alkanes) is 2. The molecule has 2 amide bonds. The van der Waals surface area contributed by atoms with Crippen molar-refractivity contribution in [2.24, 2.45) is 22.9 Å². The van der Waals surface area contributed by atoms with Gasteiger partial charge in [-0.05, 0) is 110 Å². The summed E-state index contributed by atoms with van der Waals surface area (Å²) in [6.07, 6.45) is 10.7. The van der Waals surface area contributed by atoms with E-state index < -0.39 is 30.1 Å². The number of hydrogen-bond acceptors (Lipinski definition) is 13. The summed E-state index contributed by atoms with van der Waals surface area (Å²) in [5.41, 5.74) is 3.60. The number of methoxy groups -OCH3 is 3. The van der Waals surface area contributed by atoms with E-state index in [9.17, 15) is 15.0 Å². The number of aliphatic hydroxyl groups is 2. The number of rotatable bonds is 23. The maximum Gasteiger partial charge on any atom is 0.417 e. The van der Waals surface area contributed by atoms with Gasteiger partial charge in [0.15, 0.2) is 0 Å². The molecule has 4 aliphatic rings. The summed E-state index contributed by atoms with van der Waals surface area (Å²) in [5.74, 6) is -0.0129. The van der Waals surface area contributed by atoms with Crippen LogP contribution in [0.25, 0.3) is 0 Å². The van der Waals surface area contributed by atoms with Crippen molar-refractivity contribution in [3.8, 4) is 28.7 Å². The molecule has 2 aliphatic heterocycles. The number of fused-ring (bicyclic) bond motifs is 2. The van der Waals surface area contributed by atoms with E-state index >= 15 is 4.79 Å². The fourth-order valence-electron chi connectivity index (χ4n) is 10.5. The molecule has 3 aromatic rings. The van der Waals surface area contributed by atoms with Crippen LogP contribution in [0.2, 0.25) is 0 Å². The fraction of sp³-hybridized carbons (Fsp3) is 0.528. The first kappa shape index (κ1) is 50.3. The predicted octanol–water partition coefficient (Wildman–Crippen LogP) is 8.96. The van der Waals surface area contributed by atoms with Gasteiger partial charge in [-0.2, -0.15) is 0 Å². The molecule has 1 unspecified atom stereocenters. The fourth-order valence-corrected chi connectivity index (χ4v) is 10.5. The molecular weight excluding hydrogens is 871 g/mol. The average Bonchev–Trinajstić information content (AvgIpc) is 3.36. The molecule has 2 fully saturated rings. The number of ether oxygens (including phenoxy) is 7. The molecule has 0 radical (unpaired) electrons. The quantitative estimate of drug-likeness (QED) is 0.0468. The molecule has 0 aromatic heterocycles. The van der Waals surface area contributed by atoms with E-state index in [0.717, 1.165) is 55.2 Å². The standard InChI is InChI=1S/C53H69N3O12/c1-6-24-56(48(59)30-35-15-14-17-37(29-35)61-3)47-34-44(55-68-49-19-10-13-28-64-49)41-31-36(16-8-11-25-57)40(18-9-12-26-58)50-42-32-39(21-23-45(42)67-53(47,51(41)50)65-27-7-2)66-52(60)54-43-22-20-38(62-4)33-46(43)63-5/h7,14-15,17,20-23,29,31-33,36,40,47,49-51,57-58H,2,6,8-13,16,18-19,24-28,30,34H2,1,3-5H3,(H,54,60)/t36-,40+,47-,49?,50+,51+,53+/m0/s1. The van der Waals surface area contributed by atoms with E-state index in [1.54, 1.807) is 44.6 Å². The lowest BCUT2D eigenvalue weighted by Crippen LogP contribution is -2.70. The number of nitrogens with zero attached hydrogens (tertiary/aromatic N) is 2. The third-order valence-corrected chi connectivity index (χ3v) is 13.6. The maximum atomic E-state index is 15.0. The number of carbonyl (C=O) groups excluding carboxylic acids is 2. The Balaban J connectivity index is 1.39. The third kappa shape index (κ3) is 11.5. The zero-order valence-electron chi connectivity index (χ0n) is 40.0. The van der Waals surface area contributed by atoms with Gasteiger partial charge in [0.25, 0.3) is 0 Å². The van der Waals surface area contributed by atoms with Crippen molar-refractivity contribution in [2.75, 3.05) is 59.6 Å². The molecular formula is C53H69N3O12. The topological polar surface area (TPSA) is 176 Å². The van der Waals surface area contributed by atoms with Gasteiger partial charge >= 0.3 is 6.09 Å². The summed E-state index contributed by atoms with van der Waals surface area (Å²) in [6, 6.07) is 17.3. The van der Waals surface area contributed by atoms with E-state index in [-0.39, 0.29) is 56.3 Å². The number of oxime groups is 1. The van der Waals surface area contributed by atoms with Gasteiger partial charge in [-0.3, -0.25) is 10.1 Å². The lowest BCUT2D eigenvalue weighted by atomic mass is 9.55. The monoisotopic (exact) mass is 939 g/mol. The van der Waals surface area contributed by atoms with Crippen LogP contribution in [0, 0.1) is 17.8 Å². The number of aliphatic hydroxyl groups excluding tert-OH is 2. The van der Waals surface area contributed by atoms with Crippen molar-refractivity contribution < 1.29 is 57.8 Å². The molecule has 0 bridgehead atoms. The molecule has 2 aliphatic carbocycles. The second-order valence-corrected chi connectivity index (χ2v) is 17.9. The highest BCUT2D eigenvalue weighted by atomic mass is 16.8. The van der Waals surface area contributed by atoms with E-state index in [1.807, 2.05) is 48.2 Å². The molecule has 15 heteroatoms. The summed E-state index contributed by atoms with van der Waals surface area (Å²) in [7, 11) is 4.67. The SMILES string of the molecule is C=CCO[C@@]12Oc3ccc(OC(=O)Nc4ccc(OC)cc4OC)cc3[C@H]3[C@H](CCCCO)[C@@H](CCCCO)C=C(C(=NOC4CCCCO4)C[C@@H]1N(CCC)C(=O)Cc1cccc(OC)c1)[C@H]32. The van der Waals surface area contributed by atoms with E-state index in [2.05, 4.69) is 18.0 Å². The lowest BCUT2D eigenvalue weighted by Gasteiger charge is -2.60. The third-order valence-electron chi connectivity index (χ3n) is 13.6. The number of anilines is 1. The van der Waals surface area contributed by atoms with Crippen molar-refractivity contribution in [1.29, 1.82) is 0 Å². The zero-order chi connectivity index (χ0) is 48.0. The number of benzene rings is 3. The summed E-state index contributed by atoms with van der Waals surface area (Å²) in [5, 5.41) is 27.8. The van der Waals surface area contributed by atoms with Gasteiger partial charge in [0.05, 0.1) is 58.3 Å². The van der Waals surface area contributed by atoms with Crippen LogP contribution in [-0.4, -0.2) is 105 Å². The number of amides is 2. The van der Waals surface area contributed by atoms with E-state index in [0.29, 0.717) is 79.0 Å². The van der Waals surface area contributed by atoms with Gasteiger partial charge in [0.1, 0.15) is 34.8 Å². The Morgan fingerprint density at radius 2 is 1.72 bits per heavy atom. The van der Waals surface area contributed by atoms with Gasteiger partial charge in [0, 0.05) is 50.1 Å². The van der Waals surface area contributed by atoms with Crippen LogP contribution in [0.3, 0.4) is 0 Å². The van der Waals surface area contributed by atoms with Crippen LogP contribution in [0.1, 0.15) is 94.6 Å². The highest BCUT2D eigenvalue weighted by molar-refractivity contribution is 6.03. The number of nitrogens with one attached hydrogen (secondary N) is 1. The van der Waals surface area contributed by atoms with Crippen LogP contribution in [0.5, 0.6) is 28.7 Å². The molecule has 3 aromatic carbocycles. The number of hydrogen-bond donors (Lipinski definition) is 3. The first-order chi connectivity index (χ1) is 33.2. The van der Waals surface area contributed by atoms with Crippen molar-refractivity contribution in [2.45, 2.75) is 108 Å². The van der Waals surface area contributed by atoms with Crippen LogP contribution >= 0.6 is 0 Å². The van der Waals surface area contributed by atoms with Crippen molar-refractivity contribution in [3.63, 3.8) is 0 Å². The average molecular weight is 940 g/mol. The Labute approximate surface area is 400 Å². The predicted molar refractivity (Wildman–Crippen MR) is 258 cm³/mol. The minimum absolute atomic E-state index is 0.00377. The van der Waals surface area contributed by atoms with Gasteiger partial charge in [0.2, 0.25) is 18.0 Å². The van der Waals surface area contributed by atoms with Crippen molar-refractivity contribution in [1.82, 2.24) is 4.90 Å². The van der Waals surface area contributed by atoms with Crippen molar-refractivity contribution >= 4 is 23.4 Å². The first-order valence-corrected chi connectivity index (χ1v) is 24.2. The second-order valence-electron chi connectivity index (χ2n) is 17.9. The van der Waals surface area contributed by atoms with Crippen LogP contribution in [0.15, 0.2) is 90.1 Å². The summed E-state index contributed by atoms with van der Waals surface area (Å²) >= 11 is 0. The van der Waals surface area contributed by atoms with E-state index in [1.165, 1.54) is 7.11 Å². The molecule has 7 atom stereocenters. The number of carbonyl (C=O) groups is 2. The molecule has 2 heterocycles. The smallest absolute Gasteiger partial charge is 0.417 e. The molecule has 368 valence electrons. The Hall–Kier alpha value is -5.61. The molecule has 7 rings (SSSR count). The summed E-state index contributed by atoms with van der Waals surface area (Å²) < 4.78 is 43.0. The van der Waals surface area contributed by atoms with E-state index in [4.69, 9.17) is 43.2 Å². The molecule has 1 saturated heterocycles. The molecule has 15 nitrogen and oxygen atoms in total. The van der Waals surface area contributed by atoms with Crippen LogP contribution in [-0.2, 0) is 25.5 Å². The van der Waals surface area contributed by atoms with Crippen molar-refractivity contribution in [3.05, 3.63) is 96.1 Å². The minimum atomic E-state index is -1.45. The molecule has 68 heavy (non-hydrogen) atoms. The molecule has 1 saturated carbocycles. The zero-order valence-corrected chi connectivity index (χ0v) is 40.0. The van der Waals surface area contributed by atoms with Gasteiger partial charge in [-0.25, -0.2) is 4.79 Å². The molecule has 3 N–H and O–H groups in total. The lowest BCUT2D eigenvalue weighted by molar-refractivity contribution is -0.257. The Morgan fingerprint density at radius 3 is 2.44 bits per heavy atom. The Bertz CT molecular complexity index is 2240. The summed E-state index contributed by atoms with van der Waals surface area (Å²) in [4.78, 5) is 36.9. The first-order valence-electron chi connectivity index (χ1n) is 24.2. The maximum absolute atomic E-state index is 15.0. The largest absolute Gasteiger partial charge is 0.497 e. The minimum Gasteiger partial charge on any atom is -0.497 e. The van der Waals surface area contributed by atoms with Gasteiger partial charge in [-0.1, -0.05) is 49.2 Å². The molecule has 0 spiro atoms. The van der Waals surface area contributed by atoms with Gasteiger partial charge < -0.3 is 53.1 Å². The highest BCUT2D eigenvalue weighted by Gasteiger charge is 2.65. The number of allylic oxidation sites excluding steroid dienone is 1. The summed E-state index contributed by atoms with van der Waals surface area (Å²) in [6.45, 7) is 7.34. The van der Waals surface area contributed by atoms with Gasteiger partial charge in [-0.15, -0.1) is 6.58 Å².